The van der Waals surface area contributed by atoms with Gasteiger partial charge >= 0.3 is 0 Å². The zero-order valence-corrected chi connectivity index (χ0v) is 30.7. The maximum Gasteiger partial charge on any atom is 0.145 e. The SMILES string of the molecule is c1ccc(-c2ccc(N(c3cccc(-c4ccc5ccccc5c4)c3)c3ccccc3-c3oc4ccccc4c3-c3ccccc3-c3ccccc3)cc2)cc1. The van der Waals surface area contributed by atoms with Gasteiger partial charge < -0.3 is 9.32 Å². The lowest BCUT2D eigenvalue weighted by atomic mass is 9.91. The molecule has 264 valence electrons. The second kappa shape index (κ2) is 14.4. The van der Waals surface area contributed by atoms with Crippen LogP contribution < -0.4 is 4.90 Å². The molecule has 10 aromatic rings. The number of benzene rings is 9. The Morgan fingerprint density at radius 3 is 1.70 bits per heavy atom. The highest BCUT2D eigenvalue weighted by atomic mass is 16.3. The van der Waals surface area contributed by atoms with E-state index < -0.39 is 0 Å². The molecule has 0 radical (unpaired) electrons. The average Bonchev–Trinajstić information content (AvgIpc) is 3.67. The van der Waals surface area contributed by atoms with Crippen molar-refractivity contribution in [1.82, 2.24) is 0 Å². The van der Waals surface area contributed by atoms with Crippen LogP contribution in [0.3, 0.4) is 0 Å². The van der Waals surface area contributed by atoms with Gasteiger partial charge in [0.05, 0.1) is 5.69 Å². The molecular weight excluding hydrogens is 679 g/mol. The third-order valence-corrected chi connectivity index (χ3v) is 10.7. The number of nitrogens with zero attached hydrogens (tertiary/aromatic N) is 1. The summed E-state index contributed by atoms with van der Waals surface area (Å²) in [7, 11) is 0. The van der Waals surface area contributed by atoms with Crippen LogP contribution in [0.4, 0.5) is 17.1 Å². The van der Waals surface area contributed by atoms with E-state index in [0.717, 1.165) is 61.6 Å². The lowest BCUT2D eigenvalue weighted by molar-refractivity contribution is 0.632. The first-order valence-electron chi connectivity index (χ1n) is 19.1. The average molecular weight is 716 g/mol. The van der Waals surface area contributed by atoms with Gasteiger partial charge in [-0.2, -0.15) is 0 Å². The zero-order valence-electron chi connectivity index (χ0n) is 30.7. The molecule has 0 spiro atoms. The van der Waals surface area contributed by atoms with Gasteiger partial charge in [-0.3, -0.25) is 0 Å². The minimum Gasteiger partial charge on any atom is -0.455 e. The summed E-state index contributed by atoms with van der Waals surface area (Å²) in [5, 5.41) is 3.54. The van der Waals surface area contributed by atoms with Gasteiger partial charge in [-0.15, -0.1) is 0 Å². The van der Waals surface area contributed by atoms with E-state index in [-0.39, 0.29) is 0 Å². The smallest absolute Gasteiger partial charge is 0.145 e. The van der Waals surface area contributed by atoms with E-state index in [4.69, 9.17) is 4.42 Å². The van der Waals surface area contributed by atoms with Crippen LogP contribution in [0.1, 0.15) is 0 Å². The molecule has 0 aliphatic carbocycles. The van der Waals surface area contributed by atoms with Crippen LogP contribution in [0, 0.1) is 0 Å². The topological polar surface area (TPSA) is 16.4 Å². The Morgan fingerprint density at radius 1 is 0.321 bits per heavy atom. The number of para-hydroxylation sites is 2. The Hall–Kier alpha value is -7.42. The van der Waals surface area contributed by atoms with Crippen molar-refractivity contribution in [2.45, 2.75) is 0 Å². The first-order valence-corrected chi connectivity index (χ1v) is 19.1. The van der Waals surface area contributed by atoms with Crippen molar-refractivity contribution >= 4 is 38.8 Å². The van der Waals surface area contributed by atoms with Crippen LogP contribution >= 0.6 is 0 Å². The molecule has 0 aliphatic heterocycles. The van der Waals surface area contributed by atoms with Crippen LogP contribution in [0.5, 0.6) is 0 Å². The maximum atomic E-state index is 6.98. The Morgan fingerprint density at radius 2 is 0.893 bits per heavy atom. The largest absolute Gasteiger partial charge is 0.455 e. The lowest BCUT2D eigenvalue weighted by Crippen LogP contribution is -2.11. The fourth-order valence-corrected chi connectivity index (χ4v) is 7.99. The molecule has 0 N–H and O–H groups in total. The van der Waals surface area contributed by atoms with E-state index >= 15 is 0 Å². The number of hydrogen-bond acceptors (Lipinski definition) is 2. The summed E-state index contributed by atoms with van der Waals surface area (Å²) < 4.78 is 6.98. The molecule has 9 aromatic carbocycles. The van der Waals surface area contributed by atoms with Gasteiger partial charge in [0, 0.05) is 27.9 Å². The highest BCUT2D eigenvalue weighted by molar-refractivity contribution is 6.07. The summed E-state index contributed by atoms with van der Waals surface area (Å²) >= 11 is 0. The first-order chi connectivity index (χ1) is 27.8. The van der Waals surface area contributed by atoms with E-state index in [1.165, 1.54) is 33.0 Å². The van der Waals surface area contributed by atoms with E-state index in [1.54, 1.807) is 0 Å². The Bertz CT molecular complexity index is 2960. The van der Waals surface area contributed by atoms with E-state index in [9.17, 15) is 0 Å². The van der Waals surface area contributed by atoms with Gasteiger partial charge in [-0.1, -0.05) is 176 Å². The molecule has 0 aliphatic rings. The molecule has 0 amide bonds. The van der Waals surface area contributed by atoms with Gasteiger partial charge in [-0.25, -0.2) is 0 Å². The molecule has 10 rings (SSSR count). The first kappa shape index (κ1) is 33.2. The Labute approximate surface area is 327 Å². The van der Waals surface area contributed by atoms with E-state index in [2.05, 4.69) is 223 Å². The predicted molar refractivity (Wildman–Crippen MR) is 236 cm³/mol. The zero-order chi connectivity index (χ0) is 37.3. The number of hydrogen-bond donors (Lipinski definition) is 0. The molecule has 1 heterocycles. The second-order valence-electron chi connectivity index (χ2n) is 14.1. The van der Waals surface area contributed by atoms with Crippen LogP contribution in [0.15, 0.2) is 229 Å². The summed E-state index contributed by atoms with van der Waals surface area (Å²) in [6, 6.07) is 79.9. The minimum atomic E-state index is 0.835. The number of fused-ring (bicyclic) bond motifs is 2. The fraction of sp³-hybridized carbons (Fsp3) is 0. The molecule has 1 aromatic heterocycles. The van der Waals surface area contributed by atoms with Crippen molar-refractivity contribution in [2.24, 2.45) is 0 Å². The van der Waals surface area contributed by atoms with Crippen molar-refractivity contribution in [2.75, 3.05) is 4.90 Å². The van der Waals surface area contributed by atoms with Crippen molar-refractivity contribution < 1.29 is 4.42 Å². The second-order valence-corrected chi connectivity index (χ2v) is 14.1. The summed E-state index contributed by atoms with van der Waals surface area (Å²) in [4.78, 5) is 2.37. The van der Waals surface area contributed by atoms with E-state index in [1.807, 2.05) is 6.07 Å². The third kappa shape index (κ3) is 6.14. The summed E-state index contributed by atoms with van der Waals surface area (Å²) in [6.07, 6.45) is 0. The maximum absolute atomic E-state index is 6.98. The molecule has 0 saturated heterocycles. The van der Waals surface area contributed by atoms with E-state index in [0.29, 0.717) is 0 Å². The minimum absolute atomic E-state index is 0.835. The normalized spacial score (nSPS) is 11.2. The highest BCUT2D eigenvalue weighted by Gasteiger charge is 2.25. The van der Waals surface area contributed by atoms with Gasteiger partial charge in [0.2, 0.25) is 0 Å². The highest BCUT2D eigenvalue weighted by Crippen LogP contribution is 2.49. The molecule has 56 heavy (non-hydrogen) atoms. The fourth-order valence-electron chi connectivity index (χ4n) is 7.99. The quantitative estimate of drug-likeness (QED) is 0.156. The van der Waals surface area contributed by atoms with Gasteiger partial charge in [0.25, 0.3) is 0 Å². The third-order valence-electron chi connectivity index (χ3n) is 10.7. The standard InChI is InChI=1S/C54H37NO/c1-3-16-38(17-4-1)40-32-34-45(35-33-40)55(46-23-15-22-43(37-46)44-31-30-39-18-7-8-21-42(39)36-44)51-28-13-11-26-49(51)54-53(50-27-12-14-29-52(50)56-54)48-25-10-9-24-47(48)41-19-5-2-6-20-41/h1-37H. The van der Waals surface area contributed by atoms with Crippen molar-refractivity contribution in [3.63, 3.8) is 0 Å². The van der Waals surface area contributed by atoms with Crippen LogP contribution in [0.25, 0.3) is 77.6 Å². The van der Waals surface area contributed by atoms with Crippen molar-refractivity contribution in [3.8, 4) is 55.8 Å². The number of furan rings is 1. The van der Waals surface area contributed by atoms with Gasteiger partial charge in [-0.05, 0) is 98.2 Å². The van der Waals surface area contributed by atoms with Crippen LogP contribution in [-0.4, -0.2) is 0 Å². The lowest BCUT2D eigenvalue weighted by Gasteiger charge is -2.28. The van der Waals surface area contributed by atoms with Crippen LogP contribution in [-0.2, 0) is 0 Å². The van der Waals surface area contributed by atoms with Crippen molar-refractivity contribution in [1.29, 1.82) is 0 Å². The Balaban J connectivity index is 1.19. The molecule has 2 heteroatoms. The van der Waals surface area contributed by atoms with Crippen molar-refractivity contribution in [3.05, 3.63) is 224 Å². The molecule has 2 nitrogen and oxygen atoms in total. The molecule has 0 fully saturated rings. The van der Waals surface area contributed by atoms with Crippen LogP contribution in [0.2, 0.25) is 0 Å². The monoisotopic (exact) mass is 715 g/mol. The summed E-state index contributed by atoms with van der Waals surface area (Å²) in [5.41, 5.74) is 14.2. The number of anilines is 3. The summed E-state index contributed by atoms with van der Waals surface area (Å²) in [5.74, 6) is 0.835. The molecule has 0 atom stereocenters. The number of rotatable bonds is 8. The van der Waals surface area contributed by atoms with Gasteiger partial charge in [0.1, 0.15) is 11.3 Å². The molecular formula is C54H37NO. The molecule has 0 bridgehead atoms. The predicted octanol–water partition coefficient (Wildman–Crippen LogP) is 15.4. The molecule has 0 unspecified atom stereocenters. The van der Waals surface area contributed by atoms with Gasteiger partial charge in [0.15, 0.2) is 0 Å². The molecule has 0 saturated carbocycles. The summed E-state index contributed by atoms with van der Waals surface area (Å²) in [6.45, 7) is 0. The Kier molecular flexibility index (Phi) is 8.55.